The zero-order valence-corrected chi connectivity index (χ0v) is 14.5. The topological polar surface area (TPSA) is 58.6 Å². The Hall–Kier alpha value is -0.970. The van der Waals surface area contributed by atoms with E-state index in [1.807, 2.05) is 26.8 Å². The van der Waals surface area contributed by atoms with Gasteiger partial charge in [0.2, 0.25) is 0 Å². The molecule has 1 fully saturated rings. The van der Waals surface area contributed by atoms with Gasteiger partial charge in [0.05, 0.1) is 10.0 Å². The summed E-state index contributed by atoms with van der Waals surface area (Å²) in [4.78, 5) is 11.8. The minimum absolute atomic E-state index is 0.0657. The number of benzene rings is 1. The fraction of sp³-hybridized carbons (Fsp3) is 0.562. The lowest BCUT2D eigenvalue weighted by atomic mass is 9.93. The SMILES string of the molecule is CC(C)(C)OC(=O)NC[C@@]1(c2ccc(Cl)c(Cl)c2)CC1CO. The first-order valence-electron chi connectivity index (χ1n) is 7.21. The van der Waals surface area contributed by atoms with Gasteiger partial charge in [-0.15, -0.1) is 0 Å². The van der Waals surface area contributed by atoms with E-state index in [1.165, 1.54) is 0 Å². The molecule has 0 radical (unpaired) electrons. The van der Waals surface area contributed by atoms with Crippen LogP contribution in [-0.4, -0.2) is 30.0 Å². The minimum atomic E-state index is -0.541. The number of carbonyl (C=O) groups is 1. The average molecular weight is 346 g/mol. The Labute approximate surface area is 140 Å². The Bertz CT molecular complexity index is 571. The van der Waals surface area contributed by atoms with E-state index < -0.39 is 11.7 Å². The molecule has 2 N–H and O–H groups in total. The highest BCUT2D eigenvalue weighted by atomic mass is 35.5. The second-order valence-electron chi connectivity index (χ2n) is 6.72. The van der Waals surface area contributed by atoms with E-state index in [4.69, 9.17) is 27.9 Å². The highest BCUT2D eigenvalue weighted by molar-refractivity contribution is 6.42. The number of ether oxygens (including phenoxy) is 1. The molecule has 0 saturated heterocycles. The summed E-state index contributed by atoms with van der Waals surface area (Å²) >= 11 is 12.0. The summed E-state index contributed by atoms with van der Waals surface area (Å²) in [6.07, 6.45) is 0.326. The molecule has 122 valence electrons. The van der Waals surface area contributed by atoms with Crippen LogP contribution in [0.15, 0.2) is 18.2 Å². The molecule has 0 spiro atoms. The minimum Gasteiger partial charge on any atom is -0.444 e. The summed E-state index contributed by atoms with van der Waals surface area (Å²) in [5, 5.41) is 13.2. The number of alkyl carbamates (subject to hydrolysis) is 1. The molecule has 1 unspecified atom stereocenters. The number of amides is 1. The van der Waals surface area contributed by atoms with E-state index in [0.717, 1.165) is 12.0 Å². The average Bonchev–Trinajstić information content (AvgIpc) is 3.13. The van der Waals surface area contributed by atoms with Crippen molar-refractivity contribution in [3.63, 3.8) is 0 Å². The molecule has 1 aliphatic carbocycles. The second-order valence-corrected chi connectivity index (χ2v) is 7.54. The van der Waals surface area contributed by atoms with Crippen LogP contribution in [0.25, 0.3) is 0 Å². The molecule has 4 nitrogen and oxygen atoms in total. The summed E-state index contributed by atoms with van der Waals surface area (Å²) in [6.45, 7) is 5.90. The second kappa shape index (κ2) is 6.26. The molecule has 1 amide bonds. The maximum atomic E-state index is 11.8. The summed E-state index contributed by atoms with van der Waals surface area (Å²) in [5.74, 6) is 0.0969. The van der Waals surface area contributed by atoms with Gasteiger partial charge in [-0.2, -0.15) is 0 Å². The molecular weight excluding hydrogens is 325 g/mol. The Balaban J connectivity index is 2.10. The van der Waals surface area contributed by atoms with Crippen LogP contribution in [0.3, 0.4) is 0 Å². The van der Waals surface area contributed by atoms with Crippen LogP contribution in [0.1, 0.15) is 32.8 Å². The van der Waals surface area contributed by atoms with Crippen molar-refractivity contribution in [1.82, 2.24) is 5.32 Å². The molecule has 6 heteroatoms. The molecule has 2 rings (SSSR count). The zero-order chi connectivity index (χ0) is 16.5. The molecule has 0 heterocycles. The van der Waals surface area contributed by atoms with E-state index in [1.54, 1.807) is 12.1 Å². The van der Waals surface area contributed by atoms with Gasteiger partial charge in [0.25, 0.3) is 0 Å². The molecular formula is C16H21Cl2NO3. The fourth-order valence-corrected chi connectivity index (χ4v) is 2.94. The predicted octanol–water partition coefficient (Wildman–Crippen LogP) is 3.77. The van der Waals surface area contributed by atoms with Crippen LogP contribution in [0.2, 0.25) is 10.0 Å². The van der Waals surface area contributed by atoms with Crippen molar-refractivity contribution >= 4 is 29.3 Å². The van der Waals surface area contributed by atoms with Gasteiger partial charge < -0.3 is 15.2 Å². The lowest BCUT2D eigenvalue weighted by Crippen LogP contribution is -2.37. The number of rotatable bonds is 4. The highest BCUT2D eigenvalue weighted by Gasteiger charge is 2.55. The third kappa shape index (κ3) is 3.86. The molecule has 1 aromatic carbocycles. The van der Waals surface area contributed by atoms with Gasteiger partial charge in [-0.3, -0.25) is 0 Å². The molecule has 1 aliphatic rings. The first kappa shape index (κ1) is 17.4. The van der Waals surface area contributed by atoms with Crippen LogP contribution in [0.5, 0.6) is 0 Å². The van der Waals surface area contributed by atoms with E-state index in [2.05, 4.69) is 5.32 Å². The van der Waals surface area contributed by atoms with Crippen molar-refractivity contribution in [2.45, 2.75) is 38.2 Å². The molecule has 1 saturated carbocycles. The van der Waals surface area contributed by atoms with Gasteiger partial charge in [0.1, 0.15) is 5.60 Å². The van der Waals surface area contributed by atoms with E-state index in [0.29, 0.717) is 16.6 Å². The number of hydrogen-bond donors (Lipinski definition) is 2. The molecule has 0 bridgehead atoms. The van der Waals surface area contributed by atoms with Crippen LogP contribution in [0.4, 0.5) is 4.79 Å². The normalized spacial score (nSPS) is 24.0. The van der Waals surface area contributed by atoms with Crippen molar-refractivity contribution in [2.24, 2.45) is 5.92 Å². The molecule has 0 aromatic heterocycles. The number of hydrogen-bond acceptors (Lipinski definition) is 3. The lowest BCUT2D eigenvalue weighted by Gasteiger charge is -2.23. The monoisotopic (exact) mass is 345 g/mol. The van der Waals surface area contributed by atoms with Gasteiger partial charge in [0.15, 0.2) is 0 Å². The van der Waals surface area contributed by atoms with Crippen molar-refractivity contribution < 1.29 is 14.6 Å². The Morgan fingerprint density at radius 3 is 2.59 bits per heavy atom. The maximum absolute atomic E-state index is 11.8. The highest BCUT2D eigenvalue weighted by Crippen LogP contribution is 2.54. The van der Waals surface area contributed by atoms with Crippen LogP contribution in [-0.2, 0) is 10.2 Å². The number of aliphatic hydroxyl groups is 1. The van der Waals surface area contributed by atoms with Gasteiger partial charge in [-0.1, -0.05) is 29.3 Å². The van der Waals surface area contributed by atoms with Gasteiger partial charge in [-0.05, 0) is 50.8 Å². The Morgan fingerprint density at radius 1 is 1.41 bits per heavy atom. The quantitative estimate of drug-likeness (QED) is 0.873. The van der Waals surface area contributed by atoms with Gasteiger partial charge in [0, 0.05) is 18.6 Å². The maximum Gasteiger partial charge on any atom is 0.407 e. The largest absolute Gasteiger partial charge is 0.444 e. The van der Waals surface area contributed by atoms with Crippen LogP contribution >= 0.6 is 23.2 Å². The van der Waals surface area contributed by atoms with E-state index in [9.17, 15) is 9.90 Å². The molecule has 2 atom stereocenters. The van der Waals surface area contributed by atoms with Gasteiger partial charge in [-0.25, -0.2) is 4.79 Å². The lowest BCUT2D eigenvalue weighted by molar-refractivity contribution is 0.0520. The molecule has 0 aliphatic heterocycles. The third-order valence-corrected chi connectivity index (χ3v) is 4.63. The Kier molecular flexibility index (Phi) is 4.95. The number of nitrogens with one attached hydrogen (secondary N) is 1. The number of halogens is 2. The van der Waals surface area contributed by atoms with E-state index in [-0.39, 0.29) is 17.9 Å². The van der Waals surface area contributed by atoms with Crippen molar-refractivity contribution in [3.8, 4) is 0 Å². The Morgan fingerprint density at radius 2 is 2.09 bits per heavy atom. The zero-order valence-electron chi connectivity index (χ0n) is 13.0. The number of aliphatic hydroxyl groups excluding tert-OH is 1. The predicted molar refractivity (Wildman–Crippen MR) is 87.6 cm³/mol. The molecule has 1 aromatic rings. The summed E-state index contributed by atoms with van der Waals surface area (Å²) in [7, 11) is 0. The third-order valence-electron chi connectivity index (χ3n) is 3.89. The molecule has 22 heavy (non-hydrogen) atoms. The van der Waals surface area contributed by atoms with Crippen molar-refractivity contribution in [3.05, 3.63) is 33.8 Å². The van der Waals surface area contributed by atoms with Crippen LogP contribution < -0.4 is 5.32 Å². The van der Waals surface area contributed by atoms with E-state index >= 15 is 0 Å². The number of carbonyl (C=O) groups excluding carboxylic acids is 1. The fourth-order valence-electron chi connectivity index (χ4n) is 2.64. The van der Waals surface area contributed by atoms with Crippen molar-refractivity contribution in [2.75, 3.05) is 13.2 Å². The van der Waals surface area contributed by atoms with Gasteiger partial charge >= 0.3 is 6.09 Å². The smallest absolute Gasteiger partial charge is 0.407 e. The standard InChI is InChI=1S/C16H21Cl2NO3/c1-15(2,3)22-14(21)19-9-16(7-11(16)8-20)10-4-5-12(17)13(18)6-10/h4-6,11,20H,7-9H2,1-3H3,(H,19,21)/t11?,16-/m1/s1. The van der Waals surface area contributed by atoms with Crippen molar-refractivity contribution in [1.29, 1.82) is 0 Å². The summed E-state index contributed by atoms with van der Waals surface area (Å²) in [5.41, 5.74) is 0.123. The van der Waals surface area contributed by atoms with Crippen LogP contribution in [0, 0.1) is 5.92 Å². The summed E-state index contributed by atoms with van der Waals surface area (Å²) in [6, 6.07) is 5.43. The first-order chi connectivity index (χ1) is 10.2. The summed E-state index contributed by atoms with van der Waals surface area (Å²) < 4.78 is 5.25. The first-order valence-corrected chi connectivity index (χ1v) is 7.97.